The summed E-state index contributed by atoms with van der Waals surface area (Å²) in [6.45, 7) is 1.99. The fourth-order valence-corrected chi connectivity index (χ4v) is 2.41. The summed E-state index contributed by atoms with van der Waals surface area (Å²) in [4.78, 5) is 12.4. The highest BCUT2D eigenvalue weighted by molar-refractivity contribution is 6.48. The number of halogens is 1. The van der Waals surface area contributed by atoms with Gasteiger partial charge >= 0.3 is 0 Å². The molecular weight excluding hydrogens is 340 g/mol. The molecule has 0 aliphatic carbocycles. The van der Waals surface area contributed by atoms with Crippen molar-refractivity contribution >= 4 is 22.4 Å². The van der Waals surface area contributed by atoms with Gasteiger partial charge in [-0.15, -0.1) is 0 Å². The first-order chi connectivity index (χ1) is 12.0. The first-order valence-corrected chi connectivity index (χ1v) is 7.94. The first-order valence-electron chi connectivity index (χ1n) is 7.56. The van der Waals surface area contributed by atoms with Crippen LogP contribution in [0.15, 0.2) is 54.6 Å². The highest BCUT2D eigenvalue weighted by Crippen LogP contribution is 2.33. The molecule has 0 atom stereocenters. The average molecular weight is 359 g/mol. The largest absolute Gasteiger partial charge is 0.507 e. The smallest absolute Gasteiger partial charge is 0.193 e. The standard InChI is InChI=1S/C20H19ClO4/c1-13-7-9-14(10-8-13)16(21)5-4-6-17(22)20-18(23)11-15(24-2)12-19(20)25-3/h4-12,23H,1-3H3/b6-4+,16-5-. The van der Waals surface area contributed by atoms with Gasteiger partial charge in [0.2, 0.25) is 0 Å². The molecule has 0 bridgehead atoms. The van der Waals surface area contributed by atoms with E-state index in [0.29, 0.717) is 10.8 Å². The predicted octanol–water partition coefficient (Wildman–Crippen LogP) is 4.74. The Morgan fingerprint density at radius 1 is 1.12 bits per heavy atom. The molecule has 0 heterocycles. The van der Waals surface area contributed by atoms with Crippen LogP contribution in [0, 0.1) is 6.92 Å². The second-order valence-corrected chi connectivity index (χ2v) is 5.73. The van der Waals surface area contributed by atoms with Crippen LogP contribution in [0.3, 0.4) is 0 Å². The third kappa shape index (κ3) is 4.64. The summed E-state index contributed by atoms with van der Waals surface area (Å²) >= 11 is 6.23. The Hall–Kier alpha value is -2.72. The molecule has 0 radical (unpaired) electrons. The van der Waals surface area contributed by atoms with Crippen LogP contribution in [0.25, 0.3) is 5.03 Å². The Labute approximate surface area is 152 Å². The summed E-state index contributed by atoms with van der Waals surface area (Å²) in [6, 6.07) is 10.6. The number of phenolic OH excluding ortho intramolecular Hbond substituents is 1. The Kier molecular flexibility index (Phi) is 6.25. The van der Waals surface area contributed by atoms with Gasteiger partial charge in [-0.3, -0.25) is 4.79 Å². The van der Waals surface area contributed by atoms with Crippen molar-refractivity contribution in [2.45, 2.75) is 6.92 Å². The van der Waals surface area contributed by atoms with E-state index in [9.17, 15) is 9.90 Å². The van der Waals surface area contributed by atoms with E-state index in [0.717, 1.165) is 11.1 Å². The maximum atomic E-state index is 12.4. The molecule has 130 valence electrons. The van der Waals surface area contributed by atoms with Gasteiger partial charge in [-0.25, -0.2) is 0 Å². The molecule has 0 aliphatic heterocycles. The van der Waals surface area contributed by atoms with E-state index in [1.807, 2.05) is 31.2 Å². The van der Waals surface area contributed by atoms with E-state index >= 15 is 0 Å². The summed E-state index contributed by atoms with van der Waals surface area (Å²) in [5.74, 6) is 0.0263. The number of ether oxygens (including phenoxy) is 2. The van der Waals surface area contributed by atoms with Crippen molar-refractivity contribution in [2.24, 2.45) is 0 Å². The van der Waals surface area contributed by atoms with Gasteiger partial charge in [0.05, 0.1) is 14.2 Å². The number of hydrogen-bond acceptors (Lipinski definition) is 4. The molecule has 4 nitrogen and oxygen atoms in total. The lowest BCUT2D eigenvalue weighted by atomic mass is 10.1. The molecule has 0 amide bonds. The lowest BCUT2D eigenvalue weighted by Gasteiger charge is -2.10. The Balaban J connectivity index is 2.23. The van der Waals surface area contributed by atoms with Crippen molar-refractivity contribution in [3.63, 3.8) is 0 Å². The topological polar surface area (TPSA) is 55.8 Å². The zero-order chi connectivity index (χ0) is 18.4. The molecule has 0 fully saturated rings. The molecule has 25 heavy (non-hydrogen) atoms. The van der Waals surface area contributed by atoms with Crippen LogP contribution in [0.2, 0.25) is 0 Å². The number of ketones is 1. The number of aromatic hydroxyl groups is 1. The number of carbonyl (C=O) groups excluding carboxylic acids is 1. The number of carbonyl (C=O) groups is 1. The second kappa shape index (κ2) is 8.40. The molecule has 0 saturated heterocycles. The minimum Gasteiger partial charge on any atom is -0.507 e. The second-order valence-electron chi connectivity index (χ2n) is 5.33. The summed E-state index contributed by atoms with van der Waals surface area (Å²) in [5.41, 5.74) is 2.06. The minimum atomic E-state index is -0.401. The normalized spacial score (nSPS) is 11.6. The molecule has 2 rings (SSSR count). The minimum absolute atomic E-state index is 0.0689. The van der Waals surface area contributed by atoms with Crippen molar-refractivity contribution in [3.05, 3.63) is 71.3 Å². The van der Waals surface area contributed by atoms with Crippen LogP contribution in [0.4, 0.5) is 0 Å². The third-order valence-corrected chi connectivity index (χ3v) is 3.92. The van der Waals surface area contributed by atoms with E-state index in [1.165, 1.54) is 38.5 Å². The number of aryl methyl sites for hydroxylation is 1. The van der Waals surface area contributed by atoms with E-state index in [2.05, 4.69) is 0 Å². The fourth-order valence-electron chi connectivity index (χ4n) is 2.22. The number of benzene rings is 2. The van der Waals surface area contributed by atoms with Crippen molar-refractivity contribution in [2.75, 3.05) is 14.2 Å². The molecule has 2 aromatic carbocycles. The van der Waals surface area contributed by atoms with Crippen LogP contribution in [0.1, 0.15) is 21.5 Å². The van der Waals surface area contributed by atoms with Gasteiger partial charge in [-0.1, -0.05) is 47.5 Å². The first kappa shape index (κ1) is 18.6. The fraction of sp³-hybridized carbons (Fsp3) is 0.150. The Morgan fingerprint density at radius 3 is 2.40 bits per heavy atom. The molecule has 0 saturated carbocycles. The lowest BCUT2D eigenvalue weighted by Crippen LogP contribution is -2.00. The maximum absolute atomic E-state index is 12.4. The Bertz CT molecular complexity index is 820. The van der Waals surface area contributed by atoms with Crippen LogP contribution in [-0.4, -0.2) is 25.1 Å². The average Bonchev–Trinajstić information content (AvgIpc) is 2.61. The number of allylic oxidation sites excluding steroid dienone is 3. The number of rotatable bonds is 6. The highest BCUT2D eigenvalue weighted by Gasteiger charge is 2.17. The summed E-state index contributed by atoms with van der Waals surface area (Å²) in [6.07, 6.45) is 4.48. The third-order valence-electron chi connectivity index (χ3n) is 3.57. The van der Waals surface area contributed by atoms with Gasteiger partial charge in [0, 0.05) is 17.2 Å². The lowest BCUT2D eigenvalue weighted by molar-refractivity contribution is 0.104. The molecule has 5 heteroatoms. The van der Waals surface area contributed by atoms with Gasteiger partial charge in [0.15, 0.2) is 5.78 Å². The monoisotopic (exact) mass is 358 g/mol. The predicted molar refractivity (Wildman–Crippen MR) is 99.7 cm³/mol. The van der Waals surface area contributed by atoms with Gasteiger partial charge < -0.3 is 14.6 Å². The van der Waals surface area contributed by atoms with Crippen molar-refractivity contribution < 1.29 is 19.4 Å². The molecular formula is C20H19ClO4. The van der Waals surface area contributed by atoms with Gasteiger partial charge in [0.25, 0.3) is 0 Å². The molecule has 0 aromatic heterocycles. The van der Waals surface area contributed by atoms with Crippen LogP contribution >= 0.6 is 11.6 Å². The molecule has 0 spiro atoms. The zero-order valence-corrected chi connectivity index (χ0v) is 15.0. The van der Waals surface area contributed by atoms with E-state index < -0.39 is 5.78 Å². The maximum Gasteiger partial charge on any atom is 0.193 e. The summed E-state index contributed by atoms with van der Waals surface area (Å²) < 4.78 is 10.2. The molecule has 2 aromatic rings. The van der Waals surface area contributed by atoms with Crippen molar-refractivity contribution in [3.8, 4) is 17.2 Å². The number of phenols is 1. The summed E-state index contributed by atoms with van der Waals surface area (Å²) in [5, 5.41) is 10.6. The highest BCUT2D eigenvalue weighted by atomic mass is 35.5. The van der Waals surface area contributed by atoms with Crippen molar-refractivity contribution in [1.82, 2.24) is 0 Å². The van der Waals surface area contributed by atoms with Crippen LogP contribution in [0.5, 0.6) is 17.2 Å². The SMILES string of the molecule is COc1cc(O)c(C(=O)/C=C/C=C(\Cl)c2ccc(C)cc2)c(OC)c1. The van der Waals surface area contributed by atoms with Crippen LogP contribution in [-0.2, 0) is 0 Å². The Morgan fingerprint density at radius 2 is 1.80 bits per heavy atom. The van der Waals surface area contributed by atoms with Gasteiger partial charge in [-0.05, 0) is 24.6 Å². The summed E-state index contributed by atoms with van der Waals surface area (Å²) in [7, 11) is 2.89. The van der Waals surface area contributed by atoms with E-state index in [1.54, 1.807) is 6.08 Å². The zero-order valence-electron chi connectivity index (χ0n) is 14.2. The van der Waals surface area contributed by atoms with Crippen molar-refractivity contribution in [1.29, 1.82) is 0 Å². The van der Waals surface area contributed by atoms with Gasteiger partial charge in [-0.2, -0.15) is 0 Å². The molecule has 0 unspecified atom stereocenters. The quantitative estimate of drug-likeness (QED) is 0.460. The van der Waals surface area contributed by atoms with E-state index in [4.69, 9.17) is 21.1 Å². The number of methoxy groups -OCH3 is 2. The van der Waals surface area contributed by atoms with Gasteiger partial charge in [0.1, 0.15) is 22.8 Å². The van der Waals surface area contributed by atoms with E-state index in [-0.39, 0.29) is 17.1 Å². The molecule has 0 aliphatic rings. The van der Waals surface area contributed by atoms with Crippen LogP contribution < -0.4 is 9.47 Å². The number of hydrogen-bond donors (Lipinski definition) is 1. The molecule has 1 N–H and O–H groups in total.